The number of nitrogens with zero attached hydrogens (tertiary/aromatic N) is 2. The van der Waals surface area contributed by atoms with Crippen LogP contribution in [0.25, 0.3) is 0 Å². The van der Waals surface area contributed by atoms with E-state index in [0.717, 1.165) is 10.7 Å². The molecule has 0 radical (unpaired) electrons. The van der Waals surface area contributed by atoms with E-state index in [9.17, 15) is 18.3 Å². The van der Waals surface area contributed by atoms with E-state index in [0.29, 0.717) is 5.69 Å². The van der Waals surface area contributed by atoms with Crippen molar-refractivity contribution < 1.29 is 18.3 Å². The Morgan fingerprint density at radius 1 is 1.50 bits per heavy atom. The summed E-state index contributed by atoms with van der Waals surface area (Å²) in [7, 11) is -3.92. The van der Waals surface area contributed by atoms with Gasteiger partial charge in [0.15, 0.2) is 0 Å². The van der Waals surface area contributed by atoms with Crippen LogP contribution in [0, 0.1) is 18.8 Å². The Hall–Kier alpha value is -1.18. The van der Waals surface area contributed by atoms with Crippen LogP contribution < -0.4 is 0 Å². The quantitative estimate of drug-likeness (QED) is 0.845. The van der Waals surface area contributed by atoms with Crippen LogP contribution in [0.5, 0.6) is 0 Å². The first-order valence-electron chi connectivity index (χ1n) is 6.20. The number of carboxylic acid groups (broad SMARTS) is 1. The monoisotopic (exact) mass is 316 g/mol. The average Bonchev–Trinajstić information content (AvgIpc) is 2.98. The molecule has 1 aromatic rings. The number of rotatable bonds is 3. The maximum Gasteiger partial charge on any atom is 0.322 e. The third-order valence-corrected chi connectivity index (χ3v) is 6.18. The fourth-order valence-corrected chi connectivity index (χ4v) is 4.98. The van der Waals surface area contributed by atoms with Gasteiger partial charge in [-0.25, -0.2) is 13.4 Å². The van der Waals surface area contributed by atoms with Crippen LogP contribution in [0.1, 0.15) is 12.1 Å². The zero-order chi connectivity index (χ0) is 14.7. The molecule has 0 bridgehead atoms. The van der Waals surface area contributed by atoms with Gasteiger partial charge >= 0.3 is 5.97 Å². The van der Waals surface area contributed by atoms with Crippen LogP contribution in [0.4, 0.5) is 0 Å². The molecular weight excluding hydrogens is 304 g/mol. The number of hydrogen-bond donors (Lipinski definition) is 1. The normalized spacial score (nSPS) is 29.2. The lowest BCUT2D eigenvalue weighted by Crippen LogP contribution is -2.43. The summed E-state index contributed by atoms with van der Waals surface area (Å²) in [6.07, 6.45) is 0.781. The number of aliphatic carboxylic acids is 1. The molecule has 2 heterocycles. The smallest absolute Gasteiger partial charge is 0.322 e. The number of carboxylic acids is 1. The molecule has 2 unspecified atom stereocenters. The maximum absolute atomic E-state index is 12.6. The van der Waals surface area contributed by atoms with Crippen molar-refractivity contribution in [1.29, 1.82) is 0 Å². The molecule has 2 aliphatic rings. The molecule has 0 spiro atoms. The van der Waals surface area contributed by atoms with Crippen LogP contribution in [0.15, 0.2) is 17.0 Å². The van der Waals surface area contributed by atoms with Gasteiger partial charge in [0.25, 0.3) is 0 Å². The van der Waals surface area contributed by atoms with Gasteiger partial charge in [0.2, 0.25) is 10.0 Å². The lowest BCUT2D eigenvalue weighted by atomic mass is 10.2. The standard InChI is InChI=1S/C12H13ClN2O4S/c1-6-2-3-9(11(13)14-6)20(18,19)15-5-7-4-8(7)10(15)12(16)17/h2-3,7-8,10H,4-5H2,1H3,(H,16,17)/t7?,8?,10-/m0/s1. The van der Waals surface area contributed by atoms with Crippen LogP contribution in [-0.4, -0.2) is 41.4 Å². The van der Waals surface area contributed by atoms with Gasteiger partial charge in [0, 0.05) is 12.2 Å². The van der Waals surface area contributed by atoms with E-state index in [1.165, 1.54) is 6.07 Å². The number of fused-ring (bicyclic) bond motifs is 1. The molecule has 6 nitrogen and oxygen atoms in total. The summed E-state index contributed by atoms with van der Waals surface area (Å²) in [5.74, 6) is -1.02. The van der Waals surface area contributed by atoms with Crippen LogP contribution in [0.3, 0.4) is 0 Å². The summed E-state index contributed by atoms with van der Waals surface area (Å²) in [6, 6.07) is 1.94. The van der Waals surface area contributed by atoms with Gasteiger partial charge in [-0.2, -0.15) is 4.31 Å². The van der Waals surface area contributed by atoms with Gasteiger partial charge in [-0.3, -0.25) is 4.79 Å². The lowest BCUT2D eigenvalue weighted by Gasteiger charge is -2.23. The lowest BCUT2D eigenvalue weighted by molar-refractivity contribution is -0.141. The summed E-state index contributed by atoms with van der Waals surface area (Å²) >= 11 is 5.90. The molecule has 1 saturated heterocycles. The Kier molecular flexibility index (Phi) is 3.04. The number of aryl methyl sites for hydroxylation is 1. The van der Waals surface area contributed by atoms with Crippen molar-refractivity contribution in [2.45, 2.75) is 24.3 Å². The molecule has 1 saturated carbocycles. The van der Waals surface area contributed by atoms with Gasteiger partial charge in [0.1, 0.15) is 16.1 Å². The highest BCUT2D eigenvalue weighted by Gasteiger charge is 2.59. The highest BCUT2D eigenvalue weighted by Crippen LogP contribution is 2.51. The molecule has 1 aromatic heterocycles. The molecular formula is C12H13ClN2O4S. The van der Waals surface area contributed by atoms with E-state index in [2.05, 4.69) is 4.98 Å². The summed E-state index contributed by atoms with van der Waals surface area (Å²) in [4.78, 5) is 15.1. The van der Waals surface area contributed by atoms with Gasteiger partial charge in [-0.15, -0.1) is 0 Å². The van der Waals surface area contributed by atoms with Crippen molar-refractivity contribution in [3.8, 4) is 0 Å². The predicted octanol–water partition coefficient (Wildman–Crippen LogP) is 1.14. The molecule has 0 amide bonds. The minimum absolute atomic E-state index is 0.0699. The maximum atomic E-state index is 12.6. The van der Waals surface area contributed by atoms with Crippen molar-refractivity contribution in [2.24, 2.45) is 11.8 Å². The van der Waals surface area contributed by atoms with E-state index in [1.807, 2.05) is 0 Å². The molecule has 1 aliphatic heterocycles. The molecule has 0 aromatic carbocycles. The van der Waals surface area contributed by atoms with Gasteiger partial charge in [0.05, 0.1) is 0 Å². The van der Waals surface area contributed by atoms with Crippen LogP contribution in [-0.2, 0) is 14.8 Å². The number of aromatic nitrogens is 1. The second kappa shape index (κ2) is 4.41. The Morgan fingerprint density at radius 3 is 2.80 bits per heavy atom. The zero-order valence-electron chi connectivity index (χ0n) is 10.7. The number of sulfonamides is 1. The van der Waals surface area contributed by atoms with Crippen LogP contribution in [0.2, 0.25) is 5.15 Å². The molecule has 3 atom stereocenters. The van der Waals surface area contributed by atoms with Gasteiger partial charge in [-0.05, 0) is 37.3 Å². The Morgan fingerprint density at radius 2 is 2.20 bits per heavy atom. The first-order valence-corrected chi connectivity index (χ1v) is 8.02. The summed E-state index contributed by atoms with van der Waals surface area (Å²) < 4.78 is 26.2. The van der Waals surface area contributed by atoms with Crippen LogP contribution >= 0.6 is 11.6 Å². The number of piperidine rings is 1. The molecule has 108 valence electrons. The number of pyridine rings is 1. The van der Waals surface area contributed by atoms with E-state index >= 15 is 0 Å². The molecule has 8 heteroatoms. The first-order chi connectivity index (χ1) is 9.32. The van der Waals surface area contributed by atoms with Crippen molar-refractivity contribution in [2.75, 3.05) is 6.54 Å². The third kappa shape index (κ3) is 2.01. The van der Waals surface area contributed by atoms with Crippen molar-refractivity contribution >= 4 is 27.6 Å². The largest absolute Gasteiger partial charge is 0.480 e. The fraction of sp³-hybridized carbons (Fsp3) is 0.500. The van der Waals surface area contributed by atoms with Crippen molar-refractivity contribution in [3.05, 3.63) is 23.0 Å². The molecule has 1 aliphatic carbocycles. The van der Waals surface area contributed by atoms with E-state index in [-0.39, 0.29) is 28.4 Å². The predicted molar refractivity (Wildman–Crippen MR) is 70.9 cm³/mol. The van der Waals surface area contributed by atoms with Gasteiger partial charge in [-0.1, -0.05) is 11.6 Å². The molecule has 20 heavy (non-hydrogen) atoms. The minimum atomic E-state index is -3.92. The Labute approximate surface area is 121 Å². The number of carbonyl (C=O) groups is 1. The minimum Gasteiger partial charge on any atom is -0.480 e. The second-order valence-corrected chi connectivity index (χ2v) is 7.48. The highest BCUT2D eigenvalue weighted by molar-refractivity contribution is 7.89. The average molecular weight is 317 g/mol. The summed E-state index contributed by atoms with van der Waals surface area (Å²) in [5.41, 5.74) is 0.605. The molecule has 3 rings (SSSR count). The van der Waals surface area contributed by atoms with Gasteiger partial charge < -0.3 is 5.11 Å². The summed E-state index contributed by atoms with van der Waals surface area (Å²) in [6.45, 7) is 1.95. The number of hydrogen-bond acceptors (Lipinski definition) is 4. The third-order valence-electron chi connectivity index (χ3n) is 3.90. The Bertz CT molecular complexity index is 691. The fourth-order valence-electron chi connectivity index (χ4n) is 2.81. The summed E-state index contributed by atoms with van der Waals surface area (Å²) in [5, 5.41) is 9.13. The van der Waals surface area contributed by atoms with E-state index < -0.39 is 22.0 Å². The molecule has 1 N–H and O–H groups in total. The SMILES string of the molecule is Cc1ccc(S(=O)(=O)N2CC3CC3[C@H]2C(=O)O)c(Cl)n1. The van der Waals surface area contributed by atoms with Crippen molar-refractivity contribution in [3.63, 3.8) is 0 Å². The highest BCUT2D eigenvalue weighted by atomic mass is 35.5. The zero-order valence-corrected chi connectivity index (χ0v) is 12.2. The topological polar surface area (TPSA) is 87.6 Å². The van der Waals surface area contributed by atoms with Crippen molar-refractivity contribution in [1.82, 2.24) is 9.29 Å². The number of halogens is 1. The second-order valence-electron chi connectivity index (χ2n) is 5.26. The van der Waals surface area contributed by atoms with E-state index in [1.54, 1.807) is 13.0 Å². The molecule has 2 fully saturated rings. The Balaban J connectivity index is 2.02. The first kappa shape index (κ1) is 13.8. The van der Waals surface area contributed by atoms with E-state index in [4.69, 9.17) is 11.6 Å².